The van der Waals surface area contributed by atoms with E-state index in [1.165, 1.54) is 193 Å². The number of unbranched alkanes of at least 4 members (excludes halogenated alkanes) is 25. The Morgan fingerprint density at radius 2 is 0.543 bits per heavy atom. The van der Waals surface area contributed by atoms with Gasteiger partial charge in [0.1, 0.15) is 0 Å². The minimum Gasteiger partial charge on any atom is -0.0654 e. The van der Waals surface area contributed by atoms with E-state index in [-0.39, 0.29) is 0 Å². The van der Waals surface area contributed by atoms with Gasteiger partial charge in [-0.3, -0.25) is 0 Å². The molecule has 0 amide bonds. The summed E-state index contributed by atoms with van der Waals surface area (Å²) in [4.78, 5) is 0. The monoisotopic (exact) mass is 492 g/mol. The summed E-state index contributed by atoms with van der Waals surface area (Å²) in [6, 6.07) is 0. The first-order valence-corrected chi connectivity index (χ1v) is 17.1. The van der Waals surface area contributed by atoms with Crippen LogP contribution in [0.1, 0.15) is 213 Å². The summed E-state index contributed by atoms with van der Waals surface area (Å²) < 4.78 is 0. The second-order valence-electron chi connectivity index (χ2n) is 11.9. The van der Waals surface area contributed by atoms with E-state index in [2.05, 4.69) is 20.8 Å². The van der Waals surface area contributed by atoms with Crippen LogP contribution in [0.4, 0.5) is 0 Å². The van der Waals surface area contributed by atoms with E-state index in [1.807, 2.05) is 0 Å². The maximum atomic E-state index is 4.10. The molecule has 0 aliphatic carbocycles. The van der Waals surface area contributed by atoms with E-state index in [0.29, 0.717) is 0 Å². The fraction of sp³-hybridized carbons (Fsp3) is 0.971. The van der Waals surface area contributed by atoms with E-state index >= 15 is 0 Å². The first-order chi connectivity index (χ1) is 17.3. The Labute approximate surface area is 225 Å². The summed E-state index contributed by atoms with van der Waals surface area (Å²) in [5.41, 5.74) is 0. The molecule has 0 aromatic rings. The summed E-state index contributed by atoms with van der Waals surface area (Å²) >= 11 is 0. The highest BCUT2D eigenvalue weighted by atomic mass is 14.1. The summed E-state index contributed by atoms with van der Waals surface area (Å²) in [7, 11) is 0. The lowest BCUT2D eigenvalue weighted by atomic mass is 9.90. The zero-order valence-corrected chi connectivity index (χ0v) is 25.2. The Hall–Kier alpha value is 0. The van der Waals surface area contributed by atoms with Crippen molar-refractivity contribution in [3.63, 3.8) is 0 Å². The van der Waals surface area contributed by atoms with Crippen LogP contribution in [0.15, 0.2) is 0 Å². The van der Waals surface area contributed by atoms with E-state index in [9.17, 15) is 0 Å². The van der Waals surface area contributed by atoms with E-state index in [1.54, 1.807) is 0 Å². The van der Waals surface area contributed by atoms with Crippen LogP contribution in [0.3, 0.4) is 0 Å². The average Bonchev–Trinajstić information content (AvgIpc) is 2.87. The van der Waals surface area contributed by atoms with Gasteiger partial charge in [0.2, 0.25) is 0 Å². The third kappa shape index (κ3) is 30.1. The molecule has 0 rings (SSSR count). The van der Waals surface area contributed by atoms with Crippen molar-refractivity contribution >= 4 is 0 Å². The molecule has 0 atom stereocenters. The highest BCUT2D eigenvalue weighted by Gasteiger charge is 2.08. The molecule has 0 N–H and O–H groups in total. The minimum atomic E-state index is 0.997. The molecule has 0 nitrogen and oxygen atoms in total. The zero-order chi connectivity index (χ0) is 25.5. The van der Waals surface area contributed by atoms with Gasteiger partial charge in [-0.2, -0.15) is 0 Å². The molecule has 0 saturated heterocycles. The number of rotatable bonds is 31. The van der Waals surface area contributed by atoms with Crippen molar-refractivity contribution in [3.05, 3.63) is 6.92 Å². The molecule has 211 valence electrons. The minimum absolute atomic E-state index is 0.997. The van der Waals surface area contributed by atoms with Crippen molar-refractivity contribution in [1.29, 1.82) is 0 Å². The van der Waals surface area contributed by atoms with Crippen molar-refractivity contribution in [2.45, 2.75) is 213 Å². The second-order valence-corrected chi connectivity index (χ2v) is 11.9. The molecule has 1 radical (unpaired) electrons. The van der Waals surface area contributed by atoms with Crippen molar-refractivity contribution in [1.82, 2.24) is 0 Å². The topological polar surface area (TPSA) is 0 Å². The Bertz CT molecular complexity index is 316. The lowest BCUT2D eigenvalue weighted by Gasteiger charge is -2.16. The van der Waals surface area contributed by atoms with E-state index in [4.69, 9.17) is 0 Å². The first kappa shape index (κ1) is 35.0. The molecule has 0 aliphatic rings. The summed E-state index contributed by atoms with van der Waals surface area (Å²) in [6.07, 6.45) is 45.1. The van der Waals surface area contributed by atoms with Crippen LogP contribution >= 0.6 is 0 Å². The lowest BCUT2D eigenvalue weighted by molar-refractivity contribution is 0.372. The molecule has 0 heteroatoms. The van der Waals surface area contributed by atoms with Gasteiger partial charge in [-0.1, -0.05) is 220 Å². The zero-order valence-electron chi connectivity index (χ0n) is 25.2. The molecule has 0 spiro atoms. The van der Waals surface area contributed by atoms with Gasteiger partial charge in [-0.15, -0.1) is 0 Å². The standard InChI is InChI=1S/C35H71/c1-4-7-10-12-14-16-18-20-22-24-26-28-30-33-35(32-9-6-3)34-31-29-27-25-23-21-19-17-15-13-11-8-5-2/h35H,3-34H2,1-2H3. The quantitative estimate of drug-likeness (QED) is 0.0845. The molecule has 0 unspecified atom stereocenters. The van der Waals surface area contributed by atoms with Gasteiger partial charge in [0, 0.05) is 0 Å². The summed E-state index contributed by atoms with van der Waals surface area (Å²) in [5.74, 6) is 0.997. The van der Waals surface area contributed by atoms with Gasteiger partial charge in [0.15, 0.2) is 0 Å². The second kappa shape index (κ2) is 32.0. The van der Waals surface area contributed by atoms with Crippen LogP contribution in [-0.2, 0) is 0 Å². The molecule has 0 bridgehead atoms. The van der Waals surface area contributed by atoms with Crippen LogP contribution in [0.2, 0.25) is 0 Å². The Kier molecular flexibility index (Phi) is 32.0. The Morgan fingerprint density at radius 1 is 0.314 bits per heavy atom. The third-order valence-electron chi connectivity index (χ3n) is 8.29. The number of hydrogen-bond acceptors (Lipinski definition) is 0. The van der Waals surface area contributed by atoms with Crippen molar-refractivity contribution in [3.8, 4) is 0 Å². The fourth-order valence-electron chi connectivity index (χ4n) is 5.77. The normalized spacial score (nSPS) is 11.7. The van der Waals surface area contributed by atoms with Crippen molar-refractivity contribution in [2.24, 2.45) is 5.92 Å². The molecule has 0 aromatic heterocycles. The largest absolute Gasteiger partial charge is 0.0654 e. The highest BCUT2D eigenvalue weighted by molar-refractivity contribution is 4.62. The first-order valence-electron chi connectivity index (χ1n) is 17.1. The molecule has 0 heterocycles. The third-order valence-corrected chi connectivity index (χ3v) is 8.29. The van der Waals surface area contributed by atoms with Gasteiger partial charge in [-0.05, 0) is 5.92 Å². The van der Waals surface area contributed by atoms with Gasteiger partial charge < -0.3 is 0 Å². The Balaban J connectivity index is 3.48. The van der Waals surface area contributed by atoms with Crippen LogP contribution < -0.4 is 0 Å². The maximum absolute atomic E-state index is 4.10. The van der Waals surface area contributed by atoms with Gasteiger partial charge in [0.25, 0.3) is 0 Å². The molecule has 0 aromatic carbocycles. The van der Waals surface area contributed by atoms with Gasteiger partial charge >= 0.3 is 0 Å². The molecule has 0 aliphatic heterocycles. The molecule has 35 heavy (non-hydrogen) atoms. The predicted octanol–water partition coefficient (Wildman–Crippen LogP) is 13.6. The fourth-order valence-corrected chi connectivity index (χ4v) is 5.77. The van der Waals surface area contributed by atoms with Crippen molar-refractivity contribution in [2.75, 3.05) is 0 Å². The van der Waals surface area contributed by atoms with E-state index in [0.717, 1.165) is 12.3 Å². The maximum Gasteiger partial charge on any atom is -0.0414 e. The highest BCUT2D eigenvalue weighted by Crippen LogP contribution is 2.24. The lowest BCUT2D eigenvalue weighted by Crippen LogP contribution is -2.01. The molecule has 0 saturated carbocycles. The van der Waals surface area contributed by atoms with E-state index < -0.39 is 0 Å². The van der Waals surface area contributed by atoms with Crippen LogP contribution in [-0.4, -0.2) is 0 Å². The summed E-state index contributed by atoms with van der Waals surface area (Å²) in [5, 5.41) is 0. The van der Waals surface area contributed by atoms with Crippen LogP contribution in [0, 0.1) is 12.8 Å². The SMILES string of the molecule is [CH2]CCCC(CCCCCCCCCCCCCCC)CCCCCCCCCCCCCCC. The average molecular weight is 492 g/mol. The van der Waals surface area contributed by atoms with Crippen LogP contribution in [0.25, 0.3) is 0 Å². The van der Waals surface area contributed by atoms with Crippen molar-refractivity contribution < 1.29 is 0 Å². The Morgan fingerprint density at radius 3 is 0.800 bits per heavy atom. The van der Waals surface area contributed by atoms with Gasteiger partial charge in [0.05, 0.1) is 0 Å². The molecular weight excluding hydrogens is 420 g/mol. The predicted molar refractivity (Wildman–Crippen MR) is 163 cm³/mol. The summed E-state index contributed by atoms with van der Waals surface area (Å²) in [6.45, 7) is 8.72. The van der Waals surface area contributed by atoms with Gasteiger partial charge in [-0.25, -0.2) is 0 Å². The molecular formula is C35H71. The molecule has 0 fully saturated rings. The smallest absolute Gasteiger partial charge is 0.0414 e. The van der Waals surface area contributed by atoms with Crippen LogP contribution in [0.5, 0.6) is 0 Å². The number of hydrogen-bond donors (Lipinski definition) is 0.